The van der Waals surface area contributed by atoms with Crippen LogP contribution in [0.15, 0.2) is 18.5 Å². The molecule has 108 valence electrons. The maximum atomic E-state index is 6.23. The Morgan fingerprint density at radius 2 is 2.11 bits per heavy atom. The SMILES string of the molecule is CCC(CC)(CNCCOC)Cc1ccncc1Cl. The van der Waals surface area contributed by atoms with Crippen LogP contribution in [-0.4, -0.2) is 31.8 Å². The molecule has 1 heterocycles. The molecule has 1 rings (SSSR count). The first kappa shape index (κ1) is 16.4. The summed E-state index contributed by atoms with van der Waals surface area (Å²) in [6, 6.07) is 2.03. The standard InChI is InChI=1S/C15H25ClN2O/c1-4-15(5-2,12-18-8-9-19-3)10-13-6-7-17-11-14(13)16/h6-7,11,18H,4-5,8-10,12H2,1-3H3. The number of halogens is 1. The Bertz CT molecular complexity index is 367. The highest BCUT2D eigenvalue weighted by molar-refractivity contribution is 6.31. The summed E-state index contributed by atoms with van der Waals surface area (Å²) in [4.78, 5) is 4.05. The minimum Gasteiger partial charge on any atom is -0.383 e. The van der Waals surface area contributed by atoms with Crippen LogP contribution in [0.25, 0.3) is 0 Å². The number of nitrogens with zero attached hydrogens (tertiary/aromatic N) is 1. The molecule has 19 heavy (non-hydrogen) atoms. The van der Waals surface area contributed by atoms with Crippen LogP contribution in [0.1, 0.15) is 32.3 Å². The molecule has 0 aliphatic rings. The summed E-state index contributed by atoms with van der Waals surface area (Å²) < 4.78 is 5.07. The number of methoxy groups -OCH3 is 1. The Hall–Kier alpha value is -0.640. The molecular weight excluding hydrogens is 260 g/mol. The highest BCUT2D eigenvalue weighted by Gasteiger charge is 2.26. The smallest absolute Gasteiger partial charge is 0.0621 e. The van der Waals surface area contributed by atoms with E-state index in [1.54, 1.807) is 13.3 Å². The van der Waals surface area contributed by atoms with Gasteiger partial charge >= 0.3 is 0 Å². The van der Waals surface area contributed by atoms with Crippen LogP contribution in [0, 0.1) is 5.41 Å². The number of pyridine rings is 1. The molecule has 0 aromatic carbocycles. The second-order valence-electron chi connectivity index (χ2n) is 5.02. The zero-order valence-electron chi connectivity index (χ0n) is 12.2. The van der Waals surface area contributed by atoms with E-state index in [-0.39, 0.29) is 5.41 Å². The molecule has 0 aliphatic carbocycles. The van der Waals surface area contributed by atoms with Gasteiger partial charge < -0.3 is 10.1 Å². The first-order valence-electron chi connectivity index (χ1n) is 6.95. The van der Waals surface area contributed by atoms with Gasteiger partial charge in [0.1, 0.15) is 0 Å². The molecule has 1 N–H and O–H groups in total. The maximum absolute atomic E-state index is 6.23. The Morgan fingerprint density at radius 3 is 2.68 bits per heavy atom. The van der Waals surface area contributed by atoms with Gasteiger partial charge in [-0.25, -0.2) is 0 Å². The zero-order valence-corrected chi connectivity index (χ0v) is 13.0. The topological polar surface area (TPSA) is 34.1 Å². The Kier molecular flexibility index (Phi) is 7.36. The molecular formula is C15H25ClN2O. The van der Waals surface area contributed by atoms with Crippen molar-refractivity contribution in [2.75, 3.05) is 26.8 Å². The van der Waals surface area contributed by atoms with E-state index < -0.39 is 0 Å². The van der Waals surface area contributed by atoms with Gasteiger partial charge in [-0.1, -0.05) is 25.4 Å². The third kappa shape index (κ3) is 5.09. The number of ether oxygens (including phenoxy) is 1. The molecule has 0 unspecified atom stereocenters. The summed E-state index contributed by atoms with van der Waals surface area (Å²) in [5, 5.41) is 4.25. The zero-order chi connectivity index (χ0) is 14.1. The van der Waals surface area contributed by atoms with Crippen molar-refractivity contribution in [2.24, 2.45) is 5.41 Å². The quantitative estimate of drug-likeness (QED) is 0.707. The van der Waals surface area contributed by atoms with Gasteiger partial charge in [-0.15, -0.1) is 0 Å². The molecule has 3 nitrogen and oxygen atoms in total. The van der Waals surface area contributed by atoms with Crippen LogP contribution in [0.5, 0.6) is 0 Å². The summed E-state index contributed by atoms with van der Waals surface area (Å²) in [6.45, 7) is 7.12. The van der Waals surface area contributed by atoms with Crippen LogP contribution in [-0.2, 0) is 11.2 Å². The van der Waals surface area contributed by atoms with E-state index in [1.807, 2.05) is 12.3 Å². The average molecular weight is 285 g/mol. The average Bonchev–Trinajstić information content (AvgIpc) is 2.44. The van der Waals surface area contributed by atoms with Crippen LogP contribution >= 0.6 is 11.6 Å². The highest BCUT2D eigenvalue weighted by atomic mass is 35.5. The van der Waals surface area contributed by atoms with Gasteiger partial charge in [-0.05, 0) is 36.3 Å². The molecule has 4 heteroatoms. The van der Waals surface area contributed by atoms with Gasteiger partial charge in [0.2, 0.25) is 0 Å². The second kappa shape index (κ2) is 8.51. The molecule has 0 saturated heterocycles. The van der Waals surface area contributed by atoms with Gasteiger partial charge in [0.25, 0.3) is 0 Å². The van der Waals surface area contributed by atoms with Crippen LogP contribution in [0.4, 0.5) is 0 Å². The normalized spacial score (nSPS) is 11.8. The van der Waals surface area contributed by atoms with Crippen molar-refractivity contribution >= 4 is 11.6 Å². The lowest BCUT2D eigenvalue weighted by Gasteiger charge is -2.32. The Balaban J connectivity index is 2.67. The molecule has 0 atom stereocenters. The van der Waals surface area contributed by atoms with Crippen molar-refractivity contribution in [3.8, 4) is 0 Å². The number of aromatic nitrogens is 1. The lowest BCUT2D eigenvalue weighted by atomic mass is 9.77. The number of nitrogens with one attached hydrogen (secondary N) is 1. The first-order valence-corrected chi connectivity index (χ1v) is 7.33. The fourth-order valence-corrected chi connectivity index (χ4v) is 2.48. The van der Waals surface area contributed by atoms with E-state index in [2.05, 4.69) is 24.1 Å². The Labute approximate surface area is 121 Å². The minimum absolute atomic E-state index is 0.249. The molecule has 0 saturated carbocycles. The molecule has 0 bridgehead atoms. The van der Waals surface area contributed by atoms with Crippen molar-refractivity contribution < 1.29 is 4.74 Å². The van der Waals surface area contributed by atoms with Crippen molar-refractivity contribution in [3.05, 3.63) is 29.0 Å². The third-order valence-electron chi connectivity index (χ3n) is 3.90. The van der Waals surface area contributed by atoms with Crippen LogP contribution in [0.3, 0.4) is 0 Å². The van der Waals surface area contributed by atoms with Crippen LogP contribution in [0.2, 0.25) is 5.02 Å². The van der Waals surface area contributed by atoms with Gasteiger partial charge in [-0.3, -0.25) is 4.98 Å². The van der Waals surface area contributed by atoms with Gasteiger partial charge in [0.15, 0.2) is 0 Å². The van der Waals surface area contributed by atoms with Gasteiger partial charge in [-0.2, -0.15) is 0 Å². The number of hydrogen-bond acceptors (Lipinski definition) is 3. The summed E-state index contributed by atoms with van der Waals surface area (Å²) in [5.74, 6) is 0. The predicted molar refractivity (Wildman–Crippen MR) is 80.7 cm³/mol. The summed E-state index contributed by atoms with van der Waals surface area (Å²) in [7, 11) is 1.73. The summed E-state index contributed by atoms with van der Waals surface area (Å²) in [6.07, 6.45) is 6.78. The van der Waals surface area contributed by atoms with E-state index in [9.17, 15) is 0 Å². The number of rotatable bonds is 9. The number of hydrogen-bond donors (Lipinski definition) is 1. The van der Waals surface area contributed by atoms with Crippen molar-refractivity contribution in [3.63, 3.8) is 0 Å². The summed E-state index contributed by atoms with van der Waals surface area (Å²) in [5.41, 5.74) is 1.44. The van der Waals surface area contributed by atoms with E-state index in [0.717, 1.165) is 44.0 Å². The maximum Gasteiger partial charge on any atom is 0.0621 e. The molecule has 1 aromatic heterocycles. The fourth-order valence-electron chi connectivity index (χ4n) is 2.29. The lowest BCUT2D eigenvalue weighted by molar-refractivity contribution is 0.185. The fraction of sp³-hybridized carbons (Fsp3) is 0.667. The van der Waals surface area contributed by atoms with Gasteiger partial charge in [0, 0.05) is 32.6 Å². The Morgan fingerprint density at radius 1 is 1.37 bits per heavy atom. The van der Waals surface area contributed by atoms with E-state index in [1.165, 1.54) is 5.56 Å². The van der Waals surface area contributed by atoms with Gasteiger partial charge in [0.05, 0.1) is 11.6 Å². The first-order chi connectivity index (χ1) is 9.17. The molecule has 0 spiro atoms. The molecule has 1 aromatic rings. The molecule has 0 amide bonds. The largest absolute Gasteiger partial charge is 0.383 e. The monoisotopic (exact) mass is 284 g/mol. The van der Waals surface area contributed by atoms with E-state index in [4.69, 9.17) is 16.3 Å². The highest BCUT2D eigenvalue weighted by Crippen LogP contribution is 2.32. The predicted octanol–water partition coefficient (Wildman–Crippen LogP) is 3.32. The van der Waals surface area contributed by atoms with Crippen LogP contribution < -0.4 is 5.32 Å². The summed E-state index contributed by atoms with van der Waals surface area (Å²) >= 11 is 6.23. The third-order valence-corrected chi connectivity index (χ3v) is 4.25. The second-order valence-corrected chi connectivity index (χ2v) is 5.43. The van der Waals surface area contributed by atoms with Crippen molar-refractivity contribution in [1.82, 2.24) is 10.3 Å². The lowest BCUT2D eigenvalue weighted by Crippen LogP contribution is -2.36. The molecule has 0 aliphatic heterocycles. The van der Waals surface area contributed by atoms with E-state index >= 15 is 0 Å². The molecule has 0 fully saturated rings. The minimum atomic E-state index is 0.249. The van der Waals surface area contributed by atoms with E-state index in [0.29, 0.717) is 0 Å². The molecule has 0 radical (unpaired) electrons. The van der Waals surface area contributed by atoms with Crippen molar-refractivity contribution in [1.29, 1.82) is 0 Å². The van der Waals surface area contributed by atoms with Crippen molar-refractivity contribution in [2.45, 2.75) is 33.1 Å².